The summed E-state index contributed by atoms with van der Waals surface area (Å²) in [5.41, 5.74) is 6.05. The number of esters is 1. The smallest absolute Gasteiger partial charge is 0.496 e. The molecule has 0 saturated heterocycles. The average Bonchev–Trinajstić information content (AvgIpc) is 2.36. The number of alkyl halides is 3. The van der Waals surface area contributed by atoms with Crippen molar-refractivity contribution in [3.63, 3.8) is 0 Å². The molecule has 0 unspecified atom stereocenters. The zero-order valence-corrected chi connectivity index (χ0v) is 11.6. The molecule has 0 aromatic heterocycles. The van der Waals surface area contributed by atoms with Crippen molar-refractivity contribution >= 4 is 5.97 Å². The summed E-state index contributed by atoms with van der Waals surface area (Å²) in [6, 6.07) is 2.63. The number of carbonyl (C=O) groups is 1. The van der Waals surface area contributed by atoms with E-state index in [0.29, 0.717) is 0 Å². The van der Waals surface area contributed by atoms with Crippen molar-refractivity contribution in [2.24, 2.45) is 5.73 Å². The van der Waals surface area contributed by atoms with Gasteiger partial charge in [0.2, 0.25) is 0 Å². The Labute approximate surface area is 119 Å². The Morgan fingerprint density at radius 2 is 2.05 bits per heavy atom. The molecule has 8 heteroatoms. The van der Waals surface area contributed by atoms with E-state index in [0.717, 1.165) is 12.1 Å². The van der Waals surface area contributed by atoms with Gasteiger partial charge in [0, 0.05) is 11.6 Å². The second-order valence-corrected chi connectivity index (χ2v) is 4.07. The summed E-state index contributed by atoms with van der Waals surface area (Å²) in [5.74, 6) is -0.715. The van der Waals surface area contributed by atoms with Crippen molar-refractivity contribution < 1.29 is 32.2 Å². The van der Waals surface area contributed by atoms with Crippen molar-refractivity contribution in [2.75, 3.05) is 13.7 Å². The first-order valence-corrected chi connectivity index (χ1v) is 6.11. The number of nitrogens with two attached hydrogens (primary N) is 1. The highest BCUT2D eigenvalue weighted by atomic mass is 19.4. The molecule has 1 aromatic rings. The Kier molecular flexibility index (Phi) is 5.83. The molecule has 0 radical (unpaired) electrons. The molecule has 0 fully saturated rings. The van der Waals surface area contributed by atoms with Crippen LogP contribution in [-0.2, 0) is 9.53 Å². The molecule has 0 bridgehead atoms. The van der Waals surface area contributed by atoms with Gasteiger partial charge in [0.25, 0.3) is 0 Å². The Morgan fingerprint density at radius 3 is 2.57 bits per heavy atom. The lowest BCUT2D eigenvalue weighted by Crippen LogP contribution is -2.20. The average molecular weight is 307 g/mol. The number of methoxy groups -OCH3 is 1. The van der Waals surface area contributed by atoms with Crippen molar-refractivity contribution in [2.45, 2.75) is 25.7 Å². The molecule has 21 heavy (non-hydrogen) atoms. The number of halogens is 3. The maximum atomic E-state index is 12.2. The van der Waals surface area contributed by atoms with Gasteiger partial charge in [-0.3, -0.25) is 4.79 Å². The fraction of sp³-hybridized carbons (Fsp3) is 0.462. The van der Waals surface area contributed by atoms with E-state index in [1.54, 1.807) is 6.92 Å². The molecule has 5 nitrogen and oxygen atoms in total. The quantitative estimate of drug-likeness (QED) is 0.818. The Balaban J connectivity index is 2.96. The molecule has 0 amide bonds. The Morgan fingerprint density at radius 1 is 1.38 bits per heavy atom. The first kappa shape index (κ1) is 17.1. The van der Waals surface area contributed by atoms with E-state index in [9.17, 15) is 18.0 Å². The predicted octanol–water partition coefficient (Wildman–Crippen LogP) is 2.55. The molecular weight excluding hydrogens is 291 g/mol. The largest absolute Gasteiger partial charge is 0.573 e. The van der Waals surface area contributed by atoms with Gasteiger partial charge in [0.15, 0.2) is 0 Å². The van der Waals surface area contributed by atoms with Crippen LogP contribution in [0.25, 0.3) is 0 Å². The molecule has 0 spiro atoms. The van der Waals surface area contributed by atoms with Gasteiger partial charge in [-0.05, 0) is 25.1 Å². The first-order valence-electron chi connectivity index (χ1n) is 6.11. The van der Waals surface area contributed by atoms with Gasteiger partial charge in [0.05, 0.1) is 20.1 Å². The standard InChI is InChI=1S/C13H16F3NO4/c1-3-20-12(18)7-10(17)9-6-8(21-13(14,15)16)4-5-11(9)19-2/h4-6,10H,3,7,17H2,1-2H3/t10-/m1/s1. The van der Waals surface area contributed by atoms with Gasteiger partial charge in [-0.1, -0.05) is 0 Å². The van der Waals surface area contributed by atoms with Crippen molar-refractivity contribution in [1.29, 1.82) is 0 Å². The number of carbonyl (C=O) groups excluding carboxylic acids is 1. The summed E-state index contributed by atoms with van der Waals surface area (Å²) in [6.45, 7) is 1.84. The van der Waals surface area contributed by atoms with Crippen LogP contribution in [0.2, 0.25) is 0 Å². The molecule has 118 valence electrons. The van der Waals surface area contributed by atoms with Crippen LogP contribution in [-0.4, -0.2) is 26.0 Å². The van der Waals surface area contributed by atoms with Crippen LogP contribution in [0.5, 0.6) is 11.5 Å². The fourth-order valence-corrected chi connectivity index (χ4v) is 1.71. The summed E-state index contributed by atoms with van der Waals surface area (Å²) < 4.78 is 50.2. The van der Waals surface area contributed by atoms with Crippen LogP contribution in [0.1, 0.15) is 24.9 Å². The highest BCUT2D eigenvalue weighted by molar-refractivity contribution is 5.70. The van der Waals surface area contributed by atoms with E-state index in [-0.39, 0.29) is 24.3 Å². The van der Waals surface area contributed by atoms with Crippen LogP contribution in [0.3, 0.4) is 0 Å². The summed E-state index contributed by atoms with van der Waals surface area (Å²) in [6.07, 6.45) is -4.99. The van der Waals surface area contributed by atoms with Crippen molar-refractivity contribution in [3.05, 3.63) is 23.8 Å². The minimum absolute atomic E-state index is 0.181. The SMILES string of the molecule is CCOC(=O)C[C@@H](N)c1cc(OC(F)(F)F)ccc1OC. The minimum Gasteiger partial charge on any atom is -0.496 e. The van der Waals surface area contributed by atoms with E-state index in [1.165, 1.54) is 13.2 Å². The zero-order chi connectivity index (χ0) is 16.0. The number of hydrogen-bond donors (Lipinski definition) is 1. The van der Waals surface area contributed by atoms with Gasteiger partial charge in [0.1, 0.15) is 11.5 Å². The first-order chi connectivity index (χ1) is 9.76. The molecule has 1 aromatic carbocycles. The molecule has 0 heterocycles. The number of ether oxygens (including phenoxy) is 3. The zero-order valence-electron chi connectivity index (χ0n) is 11.6. The molecular formula is C13H16F3NO4. The number of rotatable bonds is 6. The van der Waals surface area contributed by atoms with E-state index < -0.39 is 24.1 Å². The summed E-state index contributed by atoms with van der Waals surface area (Å²) in [5, 5.41) is 0. The topological polar surface area (TPSA) is 70.8 Å². The lowest BCUT2D eigenvalue weighted by molar-refractivity contribution is -0.274. The summed E-state index contributed by atoms with van der Waals surface area (Å²) in [4.78, 5) is 11.4. The van der Waals surface area contributed by atoms with E-state index >= 15 is 0 Å². The Hall–Kier alpha value is -1.96. The summed E-state index contributed by atoms with van der Waals surface area (Å²) >= 11 is 0. The maximum absolute atomic E-state index is 12.2. The van der Waals surface area contributed by atoms with E-state index in [1.807, 2.05) is 0 Å². The minimum atomic E-state index is -4.81. The molecule has 0 aliphatic heterocycles. The number of hydrogen-bond acceptors (Lipinski definition) is 5. The van der Waals surface area contributed by atoms with Gasteiger partial charge in [-0.25, -0.2) is 0 Å². The highest BCUT2D eigenvalue weighted by Crippen LogP contribution is 2.32. The number of benzene rings is 1. The Bertz CT molecular complexity index is 491. The highest BCUT2D eigenvalue weighted by Gasteiger charge is 2.31. The fourth-order valence-electron chi connectivity index (χ4n) is 1.71. The van der Waals surface area contributed by atoms with Gasteiger partial charge in [-0.15, -0.1) is 13.2 Å². The van der Waals surface area contributed by atoms with Crippen LogP contribution >= 0.6 is 0 Å². The van der Waals surface area contributed by atoms with Gasteiger partial charge < -0.3 is 19.9 Å². The predicted molar refractivity (Wildman–Crippen MR) is 67.9 cm³/mol. The summed E-state index contributed by atoms with van der Waals surface area (Å²) in [7, 11) is 1.35. The van der Waals surface area contributed by atoms with E-state index in [2.05, 4.69) is 4.74 Å². The van der Waals surface area contributed by atoms with Gasteiger partial charge >= 0.3 is 12.3 Å². The van der Waals surface area contributed by atoms with Crippen molar-refractivity contribution in [1.82, 2.24) is 0 Å². The molecule has 1 rings (SSSR count). The third-order valence-electron chi connectivity index (χ3n) is 2.53. The lowest BCUT2D eigenvalue weighted by atomic mass is 10.0. The third-order valence-corrected chi connectivity index (χ3v) is 2.53. The van der Waals surface area contributed by atoms with Crippen LogP contribution < -0.4 is 15.2 Å². The normalized spacial score (nSPS) is 12.7. The molecule has 0 saturated carbocycles. The second kappa shape index (κ2) is 7.16. The van der Waals surface area contributed by atoms with Crippen LogP contribution in [0.4, 0.5) is 13.2 Å². The van der Waals surface area contributed by atoms with Crippen LogP contribution in [0.15, 0.2) is 18.2 Å². The van der Waals surface area contributed by atoms with E-state index in [4.69, 9.17) is 15.2 Å². The molecule has 2 N–H and O–H groups in total. The maximum Gasteiger partial charge on any atom is 0.573 e. The molecule has 1 atom stereocenters. The second-order valence-electron chi connectivity index (χ2n) is 4.07. The van der Waals surface area contributed by atoms with Crippen molar-refractivity contribution in [3.8, 4) is 11.5 Å². The molecule has 0 aliphatic rings. The lowest BCUT2D eigenvalue weighted by Gasteiger charge is -2.17. The molecule has 0 aliphatic carbocycles. The third kappa shape index (κ3) is 5.50. The van der Waals surface area contributed by atoms with Gasteiger partial charge in [-0.2, -0.15) is 0 Å². The van der Waals surface area contributed by atoms with Crippen LogP contribution in [0, 0.1) is 0 Å². The monoisotopic (exact) mass is 307 g/mol.